The molecule has 0 saturated carbocycles. The molecule has 0 aliphatic carbocycles. The van der Waals surface area contributed by atoms with Crippen LogP contribution in [0.4, 0.5) is 5.69 Å². The lowest BCUT2D eigenvalue weighted by atomic mass is 9.87. The van der Waals surface area contributed by atoms with Gasteiger partial charge in [0.1, 0.15) is 9.84 Å². The molecular formula is C15H25NO2S. The average Bonchev–Trinajstić information content (AvgIpc) is 2.34. The maximum atomic E-state index is 11.3. The van der Waals surface area contributed by atoms with Gasteiger partial charge >= 0.3 is 0 Å². The molecule has 0 aromatic heterocycles. The van der Waals surface area contributed by atoms with Crippen molar-refractivity contribution in [1.82, 2.24) is 0 Å². The van der Waals surface area contributed by atoms with Crippen LogP contribution >= 0.6 is 0 Å². The maximum absolute atomic E-state index is 11.3. The Morgan fingerprint density at radius 1 is 1.11 bits per heavy atom. The molecule has 0 bridgehead atoms. The molecule has 4 heteroatoms. The Hall–Kier alpha value is -1.03. The Kier molecular flexibility index (Phi) is 5.41. The fraction of sp³-hybridized carbons (Fsp3) is 0.600. The van der Waals surface area contributed by atoms with Gasteiger partial charge in [0, 0.05) is 18.0 Å². The molecular weight excluding hydrogens is 258 g/mol. The first-order valence-corrected chi connectivity index (χ1v) is 8.61. The summed E-state index contributed by atoms with van der Waals surface area (Å²) in [6.45, 7) is 8.93. The van der Waals surface area contributed by atoms with E-state index >= 15 is 0 Å². The van der Waals surface area contributed by atoms with E-state index in [4.69, 9.17) is 0 Å². The zero-order valence-electron chi connectivity index (χ0n) is 12.4. The molecule has 3 nitrogen and oxygen atoms in total. The van der Waals surface area contributed by atoms with Gasteiger partial charge in [0.05, 0.1) is 5.75 Å². The van der Waals surface area contributed by atoms with Crippen LogP contribution in [-0.2, 0) is 15.3 Å². The monoisotopic (exact) mass is 283 g/mol. The van der Waals surface area contributed by atoms with Crippen LogP contribution in [0.2, 0.25) is 0 Å². The SMILES string of the molecule is CCS(=O)(=O)CCCNc1ccc(C(C)(C)C)cc1. The van der Waals surface area contributed by atoms with Gasteiger partial charge in [-0.1, -0.05) is 39.8 Å². The molecule has 0 atom stereocenters. The van der Waals surface area contributed by atoms with Crippen molar-refractivity contribution in [3.8, 4) is 0 Å². The highest BCUT2D eigenvalue weighted by atomic mass is 32.2. The first kappa shape index (κ1) is 16.0. The third-order valence-corrected chi connectivity index (χ3v) is 4.94. The Morgan fingerprint density at radius 2 is 1.68 bits per heavy atom. The van der Waals surface area contributed by atoms with Crippen LogP contribution in [0, 0.1) is 0 Å². The van der Waals surface area contributed by atoms with E-state index in [9.17, 15) is 8.42 Å². The second-order valence-electron chi connectivity index (χ2n) is 5.84. The van der Waals surface area contributed by atoms with Gasteiger partial charge in [-0.15, -0.1) is 0 Å². The Bertz CT molecular complexity index is 484. The van der Waals surface area contributed by atoms with E-state index in [-0.39, 0.29) is 16.9 Å². The zero-order chi connectivity index (χ0) is 14.5. The van der Waals surface area contributed by atoms with E-state index in [1.807, 2.05) is 0 Å². The van der Waals surface area contributed by atoms with Gasteiger partial charge in [-0.25, -0.2) is 8.42 Å². The normalized spacial score (nSPS) is 12.4. The molecule has 0 fully saturated rings. The average molecular weight is 283 g/mol. The molecule has 1 aromatic rings. The second kappa shape index (κ2) is 6.42. The van der Waals surface area contributed by atoms with Crippen LogP contribution < -0.4 is 5.32 Å². The molecule has 0 radical (unpaired) electrons. The van der Waals surface area contributed by atoms with E-state index < -0.39 is 9.84 Å². The zero-order valence-corrected chi connectivity index (χ0v) is 13.2. The highest BCUT2D eigenvalue weighted by Crippen LogP contribution is 2.23. The van der Waals surface area contributed by atoms with Crippen molar-refractivity contribution >= 4 is 15.5 Å². The summed E-state index contributed by atoms with van der Waals surface area (Å²) in [6, 6.07) is 8.33. The van der Waals surface area contributed by atoms with Crippen LogP contribution in [-0.4, -0.2) is 26.5 Å². The summed E-state index contributed by atoms with van der Waals surface area (Å²) in [5.41, 5.74) is 2.50. The molecule has 108 valence electrons. The topological polar surface area (TPSA) is 46.2 Å². The minimum Gasteiger partial charge on any atom is -0.385 e. The highest BCUT2D eigenvalue weighted by molar-refractivity contribution is 7.91. The molecule has 0 amide bonds. The Balaban J connectivity index is 2.43. The van der Waals surface area contributed by atoms with Crippen LogP contribution in [0.5, 0.6) is 0 Å². The van der Waals surface area contributed by atoms with Gasteiger partial charge in [0.25, 0.3) is 0 Å². The smallest absolute Gasteiger partial charge is 0.150 e. The number of hydrogen-bond donors (Lipinski definition) is 1. The van der Waals surface area contributed by atoms with Gasteiger partial charge < -0.3 is 5.32 Å². The largest absolute Gasteiger partial charge is 0.385 e. The Morgan fingerprint density at radius 3 is 2.16 bits per heavy atom. The predicted molar refractivity (Wildman–Crippen MR) is 82.6 cm³/mol. The van der Waals surface area contributed by atoms with Crippen LogP contribution in [0.1, 0.15) is 39.7 Å². The number of hydrogen-bond acceptors (Lipinski definition) is 3. The summed E-state index contributed by atoms with van der Waals surface area (Å²) in [7, 11) is -2.84. The summed E-state index contributed by atoms with van der Waals surface area (Å²) in [5.74, 6) is 0.490. The van der Waals surface area contributed by atoms with E-state index in [0.717, 1.165) is 5.69 Å². The minimum absolute atomic E-state index is 0.160. The van der Waals surface area contributed by atoms with Crippen LogP contribution in [0.25, 0.3) is 0 Å². The summed E-state index contributed by atoms with van der Waals surface area (Å²) in [5, 5.41) is 3.26. The number of rotatable bonds is 6. The first-order chi connectivity index (χ1) is 8.74. The van der Waals surface area contributed by atoms with E-state index in [2.05, 4.69) is 50.4 Å². The number of anilines is 1. The van der Waals surface area contributed by atoms with Gasteiger partial charge in [0.2, 0.25) is 0 Å². The summed E-state index contributed by atoms with van der Waals surface area (Å²) in [6.07, 6.45) is 0.650. The number of benzene rings is 1. The van der Waals surface area contributed by atoms with Crippen molar-refractivity contribution in [2.75, 3.05) is 23.4 Å². The predicted octanol–water partition coefficient (Wildman–Crippen LogP) is 3.22. The highest BCUT2D eigenvalue weighted by Gasteiger charge is 2.12. The quantitative estimate of drug-likeness (QED) is 0.815. The fourth-order valence-corrected chi connectivity index (χ4v) is 2.63. The van der Waals surface area contributed by atoms with Crippen molar-refractivity contribution in [2.24, 2.45) is 0 Å². The van der Waals surface area contributed by atoms with Gasteiger partial charge in [0.15, 0.2) is 0 Å². The van der Waals surface area contributed by atoms with Crippen molar-refractivity contribution in [3.05, 3.63) is 29.8 Å². The van der Waals surface area contributed by atoms with E-state index in [1.165, 1.54) is 5.56 Å². The number of sulfone groups is 1. The summed E-state index contributed by atoms with van der Waals surface area (Å²) < 4.78 is 22.7. The van der Waals surface area contributed by atoms with Crippen molar-refractivity contribution in [2.45, 2.75) is 39.5 Å². The minimum atomic E-state index is -2.84. The first-order valence-electron chi connectivity index (χ1n) is 6.79. The molecule has 1 rings (SSSR count). The third kappa shape index (κ3) is 5.64. The standard InChI is InChI=1S/C15H25NO2S/c1-5-19(17,18)12-6-11-16-14-9-7-13(8-10-14)15(2,3)4/h7-10,16H,5-6,11-12H2,1-4H3. The van der Waals surface area contributed by atoms with E-state index in [0.29, 0.717) is 13.0 Å². The van der Waals surface area contributed by atoms with Gasteiger partial charge in [-0.2, -0.15) is 0 Å². The molecule has 19 heavy (non-hydrogen) atoms. The van der Waals surface area contributed by atoms with Crippen LogP contribution in [0.15, 0.2) is 24.3 Å². The molecule has 1 aromatic carbocycles. The summed E-state index contributed by atoms with van der Waals surface area (Å²) >= 11 is 0. The lowest BCUT2D eigenvalue weighted by Crippen LogP contribution is -2.13. The lowest BCUT2D eigenvalue weighted by Gasteiger charge is -2.19. The third-order valence-electron chi connectivity index (χ3n) is 3.15. The number of nitrogens with one attached hydrogen (secondary N) is 1. The fourth-order valence-electron chi connectivity index (χ4n) is 1.76. The molecule has 0 aliphatic rings. The summed E-state index contributed by atoms with van der Waals surface area (Å²) in [4.78, 5) is 0. The van der Waals surface area contributed by atoms with Gasteiger partial charge in [-0.3, -0.25) is 0 Å². The van der Waals surface area contributed by atoms with Crippen LogP contribution in [0.3, 0.4) is 0 Å². The second-order valence-corrected chi connectivity index (χ2v) is 8.32. The maximum Gasteiger partial charge on any atom is 0.150 e. The molecule has 0 heterocycles. The molecule has 1 N–H and O–H groups in total. The molecule has 0 spiro atoms. The molecule has 0 saturated heterocycles. The van der Waals surface area contributed by atoms with Crippen molar-refractivity contribution < 1.29 is 8.42 Å². The molecule has 0 unspecified atom stereocenters. The lowest BCUT2D eigenvalue weighted by molar-refractivity contribution is 0.590. The van der Waals surface area contributed by atoms with Crippen molar-refractivity contribution in [1.29, 1.82) is 0 Å². The Labute approximate surface area is 117 Å². The van der Waals surface area contributed by atoms with Gasteiger partial charge in [-0.05, 0) is 29.5 Å². The van der Waals surface area contributed by atoms with Crippen molar-refractivity contribution in [3.63, 3.8) is 0 Å². The van der Waals surface area contributed by atoms with E-state index in [1.54, 1.807) is 6.92 Å². The molecule has 0 aliphatic heterocycles.